The zero-order valence-corrected chi connectivity index (χ0v) is 21.2. The van der Waals surface area contributed by atoms with Crippen molar-refractivity contribution in [3.63, 3.8) is 0 Å². The third-order valence-corrected chi connectivity index (χ3v) is 5.54. The molecule has 0 fully saturated rings. The molecule has 3 aromatic rings. The molecule has 4 N–H and O–H groups in total. The predicted molar refractivity (Wildman–Crippen MR) is 142 cm³/mol. The molecule has 37 heavy (non-hydrogen) atoms. The lowest BCUT2D eigenvalue weighted by atomic mass is 9.79. The van der Waals surface area contributed by atoms with Crippen molar-refractivity contribution in [3.05, 3.63) is 71.3 Å². The minimum Gasteiger partial charge on any atom is -0.423 e. The van der Waals surface area contributed by atoms with Crippen LogP contribution >= 0.6 is 0 Å². The number of anilines is 2. The fraction of sp³-hybridized carbons (Fsp3) is 0.200. The predicted octanol–water partition coefficient (Wildman–Crippen LogP) is -0.0750. The number of hydrogen-bond acceptors (Lipinski definition) is 10. The number of hydrogen-bond donors (Lipinski definition) is 4. The summed E-state index contributed by atoms with van der Waals surface area (Å²) in [6.45, 7) is 1.67. The number of ether oxygens (including phenoxy) is 2. The molecule has 12 heteroatoms. The van der Waals surface area contributed by atoms with Crippen molar-refractivity contribution in [2.45, 2.75) is 6.92 Å². The van der Waals surface area contributed by atoms with Gasteiger partial charge in [0, 0.05) is 39.6 Å². The van der Waals surface area contributed by atoms with Crippen LogP contribution in [0.15, 0.2) is 54.6 Å². The van der Waals surface area contributed by atoms with Gasteiger partial charge in [-0.3, -0.25) is 0 Å². The first-order chi connectivity index (χ1) is 17.3. The molecular formula is C25H28B2N2O8. The van der Waals surface area contributed by atoms with E-state index in [4.69, 9.17) is 9.47 Å². The van der Waals surface area contributed by atoms with Crippen molar-refractivity contribution in [1.82, 2.24) is 0 Å². The highest BCUT2D eigenvalue weighted by Crippen LogP contribution is 2.26. The highest BCUT2D eigenvalue weighted by molar-refractivity contribution is 6.59. The van der Waals surface area contributed by atoms with Crippen LogP contribution in [0.2, 0.25) is 0 Å². The van der Waals surface area contributed by atoms with E-state index in [0.29, 0.717) is 16.9 Å². The third kappa shape index (κ3) is 6.89. The van der Waals surface area contributed by atoms with Gasteiger partial charge in [-0.2, -0.15) is 0 Å². The number of nitrogens with zero attached hydrogens (tertiary/aromatic N) is 2. The molecule has 0 heterocycles. The molecule has 192 valence electrons. The highest BCUT2D eigenvalue weighted by Gasteiger charge is 2.20. The maximum absolute atomic E-state index is 12.8. The quantitative estimate of drug-likeness (QED) is 0.187. The average Bonchev–Trinajstić information content (AvgIpc) is 2.84. The van der Waals surface area contributed by atoms with Gasteiger partial charge in [-0.1, -0.05) is 0 Å². The number of rotatable bonds is 8. The van der Waals surface area contributed by atoms with Gasteiger partial charge in [0.1, 0.15) is 11.5 Å². The second kappa shape index (κ2) is 11.5. The van der Waals surface area contributed by atoms with Gasteiger partial charge in [0.2, 0.25) is 0 Å². The van der Waals surface area contributed by atoms with Crippen LogP contribution < -0.4 is 30.2 Å². The van der Waals surface area contributed by atoms with E-state index in [-0.39, 0.29) is 33.6 Å². The summed E-state index contributed by atoms with van der Waals surface area (Å²) in [5.74, 6) is -0.977. The second-order valence-electron chi connectivity index (χ2n) is 8.87. The molecule has 0 saturated heterocycles. The van der Waals surface area contributed by atoms with Crippen LogP contribution in [0.1, 0.15) is 26.3 Å². The van der Waals surface area contributed by atoms with Crippen LogP contribution in [0.5, 0.6) is 11.5 Å². The van der Waals surface area contributed by atoms with Crippen molar-refractivity contribution in [1.29, 1.82) is 0 Å². The van der Waals surface area contributed by atoms with E-state index < -0.39 is 26.2 Å². The number of aryl methyl sites for hydroxylation is 1. The van der Waals surface area contributed by atoms with Crippen molar-refractivity contribution < 1.29 is 39.2 Å². The van der Waals surface area contributed by atoms with Crippen LogP contribution in [0.25, 0.3) is 0 Å². The Bertz CT molecular complexity index is 1260. The number of benzene rings is 3. The van der Waals surface area contributed by atoms with Crippen LogP contribution in [0, 0.1) is 6.92 Å². The van der Waals surface area contributed by atoms with E-state index in [1.807, 2.05) is 0 Å². The van der Waals surface area contributed by atoms with E-state index in [9.17, 15) is 29.7 Å². The first-order valence-electron chi connectivity index (χ1n) is 11.3. The number of carbonyl (C=O) groups is 2. The SMILES string of the molecule is Cc1cc(OC(=O)c2cc(B(O)O)cc(N(C)C)c2)ccc1OC(=O)c1cc(B(O)O)cc(N(C)C)c1. The molecule has 0 amide bonds. The smallest absolute Gasteiger partial charge is 0.423 e. The normalized spacial score (nSPS) is 10.5. The molecular weight excluding hydrogens is 478 g/mol. The molecule has 0 spiro atoms. The Morgan fingerprint density at radius 2 is 1.14 bits per heavy atom. The molecule has 0 saturated carbocycles. The molecule has 0 atom stereocenters. The van der Waals surface area contributed by atoms with Gasteiger partial charge in [0.25, 0.3) is 0 Å². The lowest BCUT2D eigenvalue weighted by Crippen LogP contribution is -2.31. The van der Waals surface area contributed by atoms with Gasteiger partial charge < -0.3 is 39.4 Å². The first-order valence-corrected chi connectivity index (χ1v) is 11.3. The summed E-state index contributed by atoms with van der Waals surface area (Å²) < 4.78 is 11.0. The molecule has 0 aromatic heterocycles. The Kier molecular flexibility index (Phi) is 8.61. The van der Waals surface area contributed by atoms with Crippen LogP contribution in [0.4, 0.5) is 11.4 Å². The van der Waals surface area contributed by atoms with E-state index in [1.165, 1.54) is 30.3 Å². The largest absolute Gasteiger partial charge is 0.488 e. The second-order valence-corrected chi connectivity index (χ2v) is 8.87. The topological polar surface area (TPSA) is 140 Å². The summed E-state index contributed by atoms with van der Waals surface area (Å²) >= 11 is 0. The Hall–Kier alpha value is -3.83. The molecule has 3 rings (SSSR count). The van der Waals surface area contributed by atoms with Gasteiger partial charge in [0.15, 0.2) is 0 Å². The van der Waals surface area contributed by atoms with Crippen molar-refractivity contribution >= 4 is 48.5 Å². The third-order valence-electron chi connectivity index (χ3n) is 5.54. The fourth-order valence-electron chi connectivity index (χ4n) is 3.44. The van der Waals surface area contributed by atoms with Crippen molar-refractivity contribution in [2.24, 2.45) is 0 Å². The molecule has 0 unspecified atom stereocenters. The molecule has 0 aliphatic heterocycles. The molecule has 0 aliphatic rings. The van der Waals surface area contributed by atoms with Crippen LogP contribution in [-0.2, 0) is 0 Å². The summed E-state index contributed by atoms with van der Waals surface area (Å²) in [6.07, 6.45) is 0. The fourth-order valence-corrected chi connectivity index (χ4v) is 3.44. The lowest BCUT2D eigenvalue weighted by molar-refractivity contribution is 0.0718. The Balaban J connectivity index is 1.80. The highest BCUT2D eigenvalue weighted by atomic mass is 16.5. The first kappa shape index (κ1) is 27.8. The standard InChI is InChI=1S/C25H28B2N2O8/c1-15-8-22(36-24(30)16-9-18(26(32)33)13-20(11-16)28(2)3)6-7-23(15)37-25(31)17-10-19(27(34)35)14-21(12-17)29(4)5/h6-14,32-35H,1-5H3. The molecule has 3 aromatic carbocycles. The van der Waals surface area contributed by atoms with Gasteiger partial charge >= 0.3 is 26.2 Å². The molecule has 0 aliphatic carbocycles. The Labute approximate surface area is 215 Å². The zero-order valence-electron chi connectivity index (χ0n) is 21.2. The zero-order chi connectivity index (χ0) is 27.4. The Morgan fingerprint density at radius 1 is 0.676 bits per heavy atom. The lowest BCUT2D eigenvalue weighted by Gasteiger charge is -2.16. The number of esters is 2. The van der Waals surface area contributed by atoms with Crippen molar-refractivity contribution in [3.8, 4) is 11.5 Å². The average molecular weight is 506 g/mol. The van der Waals surface area contributed by atoms with Crippen LogP contribution in [0.3, 0.4) is 0 Å². The summed E-state index contributed by atoms with van der Waals surface area (Å²) in [6, 6.07) is 13.4. The van der Waals surface area contributed by atoms with Gasteiger partial charge in [-0.25, -0.2) is 9.59 Å². The number of carbonyl (C=O) groups excluding carboxylic acids is 2. The maximum atomic E-state index is 12.8. The molecule has 10 nitrogen and oxygen atoms in total. The molecule has 0 bridgehead atoms. The van der Waals surface area contributed by atoms with Gasteiger partial charge in [-0.15, -0.1) is 0 Å². The van der Waals surface area contributed by atoms with Crippen LogP contribution in [-0.4, -0.2) is 74.5 Å². The van der Waals surface area contributed by atoms with Gasteiger partial charge in [-0.05, 0) is 78.0 Å². The minimum atomic E-state index is -1.75. The van der Waals surface area contributed by atoms with E-state index in [2.05, 4.69) is 0 Å². The van der Waals surface area contributed by atoms with E-state index >= 15 is 0 Å². The van der Waals surface area contributed by atoms with E-state index in [1.54, 1.807) is 69.2 Å². The Morgan fingerprint density at radius 3 is 1.54 bits per heavy atom. The summed E-state index contributed by atoms with van der Waals surface area (Å²) in [5, 5.41) is 38.2. The van der Waals surface area contributed by atoms with Gasteiger partial charge in [0.05, 0.1) is 11.1 Å². The minimum absolute atomic E-state index is 0.130. The summed E-state index contributed by atoms with van der Waals surface area (Å²) in [4.78, 5) is 29.0. The maximum Gasteiger partial charge on any atom is 0.488 e. The monoisotopic (exact) mass is 506 g/mol. The van der Waals surface area contributed by atoms with E-state index in [0.717, 1.165) is 0 Å². The van der Waals surface area contributed by atoms with Crippen molar-refractivity contribution in [2.75, 3.05) is 38.0 Å². The summed E-state index contributed by atoms with van der Waals surface area (Å²) in [5.41, 5.74) is 2.24. The summed E-state index contributed by atoms with van der Waals surface area (Å²) in [7, 11) is 3.52. The molecule has 0 radical (unpaired) electrons.